The van der Waals surface area contributed by atoms with E-state index in [0.29, 0.717) is 5.76 Å². The fraction of sp³-hybridized carbons (Fsp3) is 0.214. The Kier molecular flexibility index (Phi) is 4.14. The van der Waals surface area contributed by atoms with E-state index in [4.69, 9.17) is 4.42 Å². The lowest BCUT2D eigenvalue weighted by molar-refractivity contribution is -0.384. The normalized spacial score (nSPS) is 11.2. The van der Waals surface area contributed by atoms with E-state index in [1.54, 1.807) is 41.8 Å². The Morgan fingerprint density at radius 2 is 2.00 bits per heavy atom. The van der Waals surface area contributed by atoms with Crippen LogP contribution in [0.15, 0.2) is 52.2 Å². The number of furan rings is 1. The number of anilines is 1. The van der Waals surface area contributed by atoms with Gasteiger partial charge in [0.25, 0.3) is 5.69 Å². The molecule has 1 heterocycles. The highest BCUT2D eigenvalue weighted by molar-refractivity contribution is 5.76. The fourth-order valence-corrected chi connectivity index (χ4v) is 1.71. The number of nitrogens with zero attached hydrogens (tertiary/aromatic N) is 3. The second-order valence-corrected chi connectivity index (χ2v) is 4.47. The molecular weight excluding hydrogens is 258 g/mol. The highest BCUT2D eigenvalue weighted by Gasteiger charge is 2.11. The molecule has 6 nitrogen and oxygen atoms in total. The Hall–Kier alpha value is -2.63. The minimum Gasteiger partial charge on any atom is -0.463 e. The lowest BCUT2D eigenvalue weighted by Crippen LogP contribution is -2.25. The first kappa shape index (κ1) is 13.8. The third-order valence-corrected chi connectivity index (χ3v) is 2.67. The van der Waals surface area contributed by atoms with Gasteiger partial charge in [0.05, 0.1) is 23.1 Å². The van der Waals surface area contributed by atoms with Crippen LogP contribution in [0, 0.1) is 10.1 Å². The molecule has 2 rings (SSSR count). The van der Waals surface area contributed by atoms with E-state index >= 15 is 0 Å². The average Bonchev–Trinajstić information content (AvgIpc) is 2.92. The van der Waals surface area contributed by atoms with E-state index in [2.05, 4.69) is 5.10 Å². The minimum absolute atomic E-state index is 0.0625. The molecule has 0 atom stereocenters. The van der Waals surface area contributed by atoms with Gasteiger partial charge in [-0.2, -0.15) is 5.10 Å². The molecule has 1 aromatic heterocycles. The summed E-state index contributed by atoms with van der Waals surface area (Å²) in [4.78, 5) is 10.2. The smallest absolute Gasteiger partial charge is 0.269 e. The number of nitro groups is 1. The molecule has 6 heteroatoms. The first-order valence-electron chi connectivity index (χ1n) is 6.19. The second-order valence-electron chi connectivity index (χ2n) is 4.47. The summed E-state index contributed by atoms with van der Waals surface area (Å²) in [5.74, 6) is 0.651. The lowest BCUT2D eigenvalue weighted by Gasteiger charge is -2.22. The Morgan fingerprint density at radius 3 is 2.50 bits per heavy atom. The average molecular weight is 273 g/mol. The van der Waals surface area contributed by atoms with Gasteiger partial charge >= 0.3 is 0 Å². The van der Waals surface area contributed by atoms with Crippen molar-refractivity contribution in [2.75, 3.05) is 5.01 Å². The highest BCUT2D eigenvalue weighted by atomic mass is 16.6. The summed E-state index contributed by atoms with van der Waals surface area (Å²) in [6, 6.07) is 9.99. The van der Waals surface area contributed by atoms with Crippen LogP contribution in [0.5, 0.6) is 0 Å². The number of non-ortho nitro benzene ring substituents is 1. The van der Waals surface area contributed by atoms with Crippen molar-refractivity contribution in [1.29, 1.82) is 0 Å². The van der Waals surface area contributed by atoms with Crippen molar-refractivity contribution in [2.24, 2.45) is 5.10 Å². The number of benzene rings is 1. The van der Waals surface area contributed by atoms with Gasteiger partial charge in [0, 0.05) is 18.2 Å². The fourth-order valence-electron chi connectivity index (χ4n) is 1.71. The third-order valence-electron chi connectivity index (χ3n) is 2.67. The van der Waals surface area contributed by atoms with Crippen LogP contribution in [0.3, 0.4) is 0 Å². The molecule has 0 bridgehead atoms. The topological polar surface area (TPSA) is 71.9 Å². The van der Waals surface area contributed by atoms with E-state index in [-0.39, 0.29) is 11.7 Å². The molecule has 2 aromatic rings. The molecule has 0 N–H and O–H groups in total. The van der Waals surface area contributed by atoms with Crippen molar-refractivity contribution < 1.29 is 9.34 Å². The molecule has 20 heavy (non-hydrogen) atoms. The molecular formula is C14H15N3O3. The molecule has 0 aliphatic heterocycles. The van der Waals surface area contributed by atoms with Crippen LogP contribution in [0.1, 0.15) is 19.6 Å². The summed E-state index contributed by atoms with van der Waals surface area (Å²) in [7, 11) is 0. The zero-order chi connectivity index (χ0) is 14.5. The Labute approximate surface area is 116 Å². The second kappa shape index (κ2) is 6.01. The van der Waals surface area contributed by atoms with Crippen molar-refractivity contribution in [2.45, 2.75) is 19.9 Å². The summed E-state index contributed by atoms with van der Waals surface area (Å²) in [6.07, 6.45) is 3.19. The van der Waals surface area contributed by atoms with Gasteiger partial charge in [-0.3, -0.25) is 15.1 Å². The molecule has 0 radical (unpaired) electrons. The van der Waals surface area contributed by atoms with Gasteiger partial charge in [-0.15, -0.1) is 0 Å². The Morgan fingerprint density at radius 1 is 1.30 bits per heavy atom. The van der Waals surface area contributed by atoms with E-state index in [9.17, 15) is 10.1 Å². The van der Waals surface area contributed by atoms with Crippen LogP contribution in [-0.2, 0) is 0 Å². The van der Waals surface area contributed by atoms with Crippen LogP contribution >= 0.6 is 0 Å². The van der Waals surface area contributed by atoms with Crippen LogP contribution in [0.4, 0.5) is 11.4 Å². The van der Waals surface area contributed by atoms with Crippen molar-refractivity contribution in [3.05, 3.63) is 58.5 Å². The highest BCUT2D eigenvalue weighted by Crippen LogP contribution is 2.21. The van der Waals surface area contributed by atoms with Crippen molar-refractivity contribution in [1.82, 2.24) is 0 Å². The van der Waals surface area contributed by atoms with Gasteiger partial charge in [0.2, 0.25) is 0 Å². The molecule has 0 saturated heterocycles. The maximum Gasteiger partial charge on any atom is 0.269 e. The molecule has 0 saturated carbocycles. The number of rotatable bonds is 5. The van der Waals surface area contributed by atoms with Crippen molar-refractivity contribution >= 4 is 17.6 Å². The van der Waals surface area contributed by atoms with E-state index in [1.165, 1.54) is 12.1 Å². The van der Waals surface area contributed by atoms with Crippen LogP contribution < -0.4 is 5.01 Å². The lowest BCUT2D eigenvalue weighted by atomic mass is 10.2. The van der Waals surface area contributed by atoms with Crippen molar-refractivity contribution in [3.63, 3.8) is 0 Å². The minimum atomic E-state index is -0.421. The summed E-state index contributed by atoms with van der Waals surface area (Å²) < 4.78 is 5.18. The first-order valence-corrected chi connectivity index (χ1v) is 6.19. The Bertz CT molecular complexity index is 589. The Balaban J connectivity index is 2.22. The van der Waals surface area contributed by atoms with E-state index < -0.39 is 4.92 Å². The zero-order valence-corrected chi connectivity index (χ0v) is 11.3. The number of nitro benzene ring substituents is 1. The van der Waals surface area contributed by atoms with E-state index in [0.717, 1.165) is 5.69 Å². The van der Waals surface area contributed by atoms with Crippen LogP contribution in [0.25, 0.3) is 0 Å². The van der Waals surface area contributed by atoms with E-state index in [1.807, 2.05) is 13.8 Å². The van der Waals surface area contributed by atoms with Gasteiger partial charge in [-0.1, -0.05) is 0 Å². The molecule has 0 aliphatic rings. The third kappa shape index (κ3) is 3.23. The molecule has 104 valence electrons. The monoisotopic (exact) mass is 273 g/mol. The zero-order valence-electron chi connectivity index (χ0n) is 11.3. The predicted octanol–water partition coefficient (Wildman–Crippen LogP) is 3.44. The molecule has 0 spiro atoms. The quantitative estimate of drug-likeness (QED) is 0.475. The van der Waals surface area contributed by atoms with Gasteiger partial charge in [-0.25, -0.2) is 0 Å². The van der Waals surface area contributed by atoms with Crippen LogP contribution in [0.2, 0.25) is 0 Å². The predicted molar refractivity (Wildman–Crippen MR) is 77.0 cm³/mol. The first-order chi connectivity index (χ1) is 9.58. The van der Waals surface area contributed by atoms with Gasteiger partial charge in [0.15, 0.2) is 0 Å². The van der Waals surface area contributed by atoms with Crippen LogP contribution in [-0.4, -0.2) is 17.2 Å². The molecule has 1 aromatic carbocycles. The largest absolute Gasteiger partial charge is 0.463 e. The molecule has 0 unspecified atom stereocenters. The summed E-state index contributed by atoms with van der Waals surface area (Å²) in [5.41, 5.74) is 0.848. The maximum atomic E-state index is 10.6. The standard InChI is InChI=1S/C14H15N3O3/c1-11(2)16(15-10-14-4-3-9-20-14)12-5-7-13(8-6-12)17(18)19/h3-11H,1-2H3/b15-10-. The SMILES string of the molecule is CC(C)N(/N=C\c1ccco1)c1ccc([N+](=O)[O-])cc1. The number of hydrazone groups is 1. The summed E-state index contributed by atoms with van der Waals surface area (Å²) in [6.45, 7) is 3.97. The maximum absolute atomic E-state index is 10.6. The summed E-state index contributed by atoms with van der Waals surface area (Å²) >= 11 is 0. The van der Waals surface area contributed by atoms with Gasteiger partial charge in [0.1, 0.15) is 5.76 Å². The molecule has 0 fully saturated rings. The van der Waals surface area contributed by atoms with Crippen molar-refractivity contribution in [3.8, 4) is 0 Å². The molecule has 0 aliphatic carbocycles. The number of hydrogen-bond acceptors (Lipinski definition) is 5. The van der Waals surface area contributed by atoms with Gasteiger partial charge in [-0.05, 0) is 38.1 Å². The van der Waals surface area contributed by atoms with Gasteiger partial charge < -0.3 is 4.42 Å². The summed E-state index contributed by atoms with van der Waals surface area (Å²) in [5, 5.41) is 16.8. The molecule has 0 amide bonds. The number of hydrogen-bond donors (Lipinski definition) is 0.